The van der Waals surface area contributed by atoms with Gasteiger partial charge in [0.1, 0.15) is 6.04 Å². The van der Waals surface area contributed by atoms with Crippen LogP contribution in [0.5, 0.6) is 0 Å². The van der Waals surface area contributed by atoms with Crippen LogP contribution in [0.1, 0.15) is 37.3 Å². The highest BCUT2D eigenvalue weighted by Crippen LogP contribution is 2.30. The molecule has 1 aliphatic carbocycles. The molecule has 2 aromatic carbocycles. The highest BCUT2D eigenvalue weighted by Gasteiger charge is 2.37. The Morgan fingerprint density at radius 3 is 2.51 bits per heavy atom. The molecule has 1 saturated carbocycles. The molecule has 182 valence electrons. The summed E-state index contributed by atoms with van der Waals surface area (Å²) in [5.74, 6) is -1.94. The van der Waals surface area contributed by atoms with Crippen molar-refractivity contribution in [3.8, 4) is 0 Å². The molecule has 0 radical (unpaired) electrons. The zero-order valence-electron chi connectivity index (χ0n) is 19.8. The average Bonchev–Trinajstić information content (AvgIpc) is 3.40. The highest BCUT2D eigenvalue weighted by atomic mass is 16.5. The van der Waals surface area contributed by atoms with Crippen LogP contribution in [-0.2, 0) is 19.1 Å². The minimum absolute atomic E-state index is 0.0336. The number of nitrogens with one attached hydrogen (secondary N) is 2. The molecule has 1 aliphatic rings. The van der Waals surface area contributed by atoms with Gasteiger partial charge in [-0.05, 0) is 30.5 Å². The lowest BCUT2D eigenvalue weighted by molar-refractivity contribution is -0.139. The van der Waals surface area contributed by atoms with E-state index in [1.54, 1.807) is 37.4 Å². The minimum Gasteiger partial charge on any atom is -0.383 e. The summed E-state index contributed by atoms with van der Waals surface area (Å²) < 4.78 is 5.06. The van der Waals surface area contributed by atoms with Crippen molar-refractivity contribution >= 4 is 34.3 Å². The molecule has 8 heteroatoms. The maximum absolute atomic E-state index is 13.7. The lowest BCUT2D eigenvalue weighted by atomic mass is 10.0. The van der Waals surface area contributed by atoms with E-state index in [2.05, 4.69) is 15.6 Å². The highest BCUT2D eigenvalue weighted by molar-refractivity contribution is 6.41. The number of hydrogen-bond donors (Lipinski definition) is 2. The quantitative estimate of drug-likeness (QED) is 0.386. The summed E-state index contributed by atoms with van der Waals surface area (Å²) in [5, 5.41) is 6.48. The van der Waals surface area contributed by atoms with Gasteiger partial charge in [0.2, 0.25) is 5.91 Å². The van der Waals surface area contributed by atoms with Crippen LogP contribution in [-0.4, -0.2) is 49.0 Å². The molecule has 35 heavy (non-hydrogen) atoms. The molecule has 1 atom stereocenters. The Kier molecular flexibility index (Phi) is 8.05. The number of pyridine rings is 1. The Labute approximate surface area is 204 Å². The van der Waals surface area contributed by atoms with Crippen molar-refractivity contribution in [2.24, 2.45) is 0 Å². The van der Waals surface area contributed by atoms with E-state index in [-0.39, 0.29) is 12.6 Å². The van der Waals surface area contributed by atoms with E-state index >= 15 is 0 Å². The lowest BCUT2D eigenvalue weighted by Gasteiger charge is -2.31. The summed E-state index contributed by atoms with van der Waals surface area (Å²) in [6.07, 6.45) is 5.26. The third-order valence-corrected chi connectivity index (χ3v) is 6.18. The first-order chi connectivity index (χ1) is 17.1. The number of fused-ring (bicyclic) bond motifs is 1. The molecule has 4 rings (SSSR count). The van der Waals surface area contributed by atoms with Crippen molar-refractivity contribution in [3.05, 3.63) is 72.4 Å². The molecular weight excluding hydrogens is 444 g/mol. The number of methoxy groups -OCH3 is 1. The average molecular weight is 475 g/mol. The Morgan fingerprint density at radius 2 is 1.77 bits per heavy atom. The number of carbonyl (C=O) groups excluding carboxylic acids is 3. The molecular formula is C27H30N4O4. The topological polar surface area (TPSA) is 101 Å². The van der Waals surface area contributed by atoms with Crippen molar-refractivity contribution in [1.82, 2.24) is 15.6 Å². The smallest absolute Gasteiger partial charge is 0.317 e. The molecule has 8 nitrogen and oxygen atoms in total. The first-order valence-electron chi connectivity index (χ1n) is 11.9. The Morgan fingerprint density at radius 1 is 1.06 bits per heavy atom. The van der Waals surface area contributed by atoms with E-state index in [0.717, 1.165) is 36.6 Å². The number of benzene rings is 2. The van der Waals surface area contributed by atoms with Gasteiger partial charge in [-0.1, -0.05) is 61.4 Å². The minimum atomic E-state index is -1.07. The largest absolute Gasteiger partial charge is 0.383 e. The number of nitrogens with zero attached hydrogens (tertiary/aromatic N) is 2. The van der Waals surface area contributed by atoms with E-state index < -0.39 is 23.8 Å². The molecule has 1 fully saturated rings. The molecule has 0 bridgehead atoms. The Bertz CT molecular complexity index is 1180. The van der Waals surface area contributed by atoms with Gasteiger partial charge in [0.25, 0.3) is 0 Å². The monoisotopic (exact) mass is 474 g/mol. The first-order valence-corrected chi connectivity index (χ1v) is 11.9. The van der Waals surface area contributed by atoms with E-state index in [0.29, 0.717) is 17.9 Å². The second kappa shape index (κ2) is 11.6. The molecule has 0 saturated heterocycles. The number of hydrogen-bond acceptors (Lipinski definition) is 5. The summed E-state index contributed by atoms with van der Waals surface area (Å²) in [6.45, 7) is 0.589. The van der Waals surface area contributed by atoms with E-state index in [1.807, 2.05) is 30.3 Å². The number of para-hydroxylation sites is 1. The molecule has 3 amide bonds. The molecule has 1 aromatic heterocycles. The van der Waals surface area contributed by atoms with Gasteiger partial charge in [-0.3, -0.25) is 24.3 Å². The molecule has 3 aromatic rings. The van der Waals surface area contributed by atoms with Gasteiger partial charge >= 0.3 is 11.8 Å². The van der Waals surface area contributed by atoms with Crippen LogP contribution in [0.3, 0.4) is 0 Å². The maximum Gasteiger partial charge on any atom is 0.317 e. The summed E-state index contributed by atoms with van der Waals surface area (Å²) in [7, 11) is 1.55. The predicted octanol–water partition coefficient (Wildman–Crippen LogP) is 3.13. The second-order valence-corrected chi connectivity index (χ2v) is 8.61. The Hall–Kier alpha value is -3.78. The normalized spacial score (nSPS) is 14.4. The second-order valence-electron chi connectivity index (χ2n) is 8.61. The first kappa shape index (κ1) is 24.3. The van der Waals surface area contributed by atoms with Crippen LogP contribution < -0.4 is 15.5 Å². The summed E-state index contributed by atoms with van der Waals surface area (Å²) in [6, 6.07) is 17.1. The summed E-state index contributed by atoms with van der Waals surface area (Å²) in [4.78, 5) is 46.0. The predicted molar refractivity (Wildman–Crippen MR) is 134 cm³/mol. The van der Waals surface area contributed by atoms with Gasteiger partial charge in [0.15, 0.2) is 0 Å². The van der Waals surface area contributed by atoms with Crippen LogP contribution in [0.2, 0.25) is 0 Å². The summed E-state index contributed by atoms with van der Waals surface area (Å²) in [5.41, 5.74) is 1.70. The van der Waals surface area contributed by atoms with Gasteiger partial charge in [-0.25, -0.2) is 0 Å². The number of anilines is 1. The van der Waals surface area contributed by atoms with Gasteiger partial charge in [-0.15, -0.1) is 0 Å². The van der Waals surface area contributed by atoms with Crippen LogP contribution in [0.25, 0.3) is 10.9 Å². The van der Waals surface area contributed by atoms with Gasteiger partial charge in [-0.2, -0.15) is 0 Å². The molecule has 1 heterocycles. The molecule has 0 unspecified atom stereocenters. The SMILES string of the molecule is COCCNC(=O)[C@@H](c1ccccc1)N(C(=O)C(=O)NC1CCCC1)c1cnc2ccccc2c1. The molecule has 0 aliphatic heterocycles. The van der Waals surface area contributed by atoms with Gasteiger partial charge < -0.3 is 15.4 Å². The maximum atomic E-state index is 13.7. The third-order valence-electron chi connectivity index (χ3n) is 6.18. The number of carbonyl (C=O) groups is 3. The number of ether oxygens (including phenoxy) is 1. The zero-order chi connectivity index (χ0) is 24.6. The zero-order valence-corrected chi connectivity index (χ0v) is 19.8. The van der Waals surface area contributed by atoms with Crippen LogP contribution in [0, 0.1) is 0 Å². The summed E-state index contributed by atoms with van der Waals surface area (Å²) >= 11 is 0. The van der Waals surface area contributed by atoms with Crippen molar-refractivity contribution in [3.63, 3.8) is 0 Å². The fourth-order valence-electron chi connectivity index (χ4n) is 4.43. The van der Waals surface area contributed by atoms with Crippen LogP contribution in [0.15, 0.2) is 66.9 Å². The van der Waals surface area contributed by atoms with E-state index in [1.165, 1.54) is 11.1 Å². The van der Waals surface area contributed by atoms with Crippen LogP contribution in [0.4, 0.5) is 5.69 Å². The number of aromatic nitrogens is 1. The number of amides is 3. The third kappa shape index (κ3) is 5.84. The molecule has 0 spiro atoms. The number of rotatable bonds is 8. The van der Waals surface area contributed by atoms with Crippen LogP contribution >= 0.6 is 0 Å². The Balaban J connectivity index is 1.76. The van der Waals surface area contributed by atoms with Crippen molar-refractivity contribution in [1.29, 1.82) is 0 Å². The molecule has 2 N–H and O–H groups in total. The fourth-order valence-corrected chi connectivity index (χ4v) is 4.43. The van der Waals surface area contributed by atoms with Crippen molar-refractivity contribution < 1.29 is 19.1 Å². The van der Waals surface area contributed by atoms with E-state index in [4.69, 9.17) is 4.74 Å². The van der Waals surface area contributed by atoms with Crippen molar-refractivity contribution in [2.75, 3.05) is 25.2 Å². The lowest BCUT2D eigenvalue weighted by Crippen LogP contribution is -2.51. The fraction of sp³-hybridized carbons (Fsp3) is 0.333. The van der Waals surface area contributed by atoms with Gasteiger partial charge in [0.05, 0.1) is 24.0 Å². The van der Waals surface area contributed by atoms with E-state index in [9.17, 15) is 14.4 Å². The van der Waals surface area contributed by atoms with Gasteiger partial charge in [0, 0.05) is 25.1 Å². The standard InChI is InChI=1S/C27H30N4O4/c1-35-16-15-28-25(32)24(19-9-3-2-4-10-19)31(27(34)26(33)30-21-12-6-7-13-21)22-17-20-11-5-8-14-23(20)29-18-22/h2-5,8-11,14,17-18,21,24H,6-7,12-13,15-16H2,1H3,(H,28,32)(H,30,33)/t24-/m1/s1. The van der Waals surface area contributed by atoms with Crippen molar-refractivity contribution in [2.45, 2.75) is 37.8 Å².